The average Bonchev–Trinajstić information content (AvgIpc) is 3.46. The first-order valence-electron chi connectivity index (χ1n) is 12.9. The Hall–Kier alpha value is -4.83. The molecule has 0 radical (unpaired) electrons. The number of rotatable bonds is 11. The molecular formula is C30H32N6O4. The summed E-state index contributed by atoms with van der Waals surface area (Å²) in [6, 6.07) is 21.3. The molecular weight excluding hydrogens is 508 g/mol. The zero-order valence-corrected chi connectivity index (χ0v) is 22.3. The summed E-state index contributed by atoms with van der Waals surface area (Å²) in [4.78, 5) is 42.6. The number of carbonyl (C=O) groups is 3. The lowest BCUT2D eigenvalue weighted by molar-refractivity contribution is -0.127. The van der Waals surface area contributed by atoms with E-state index in [1.165, 1.54) is 13.1 Å². The second-order valence-corrected chi connectivity index (χ2v) is 9.45. The molecule has 10 heteroatoms. The van der Waals surface area contributed by atoms with Crippen LogP contribution in [0.5, 0.6) is 0 Å². The fourth-order valence-corrected chi connectivity index (χ4v) is 4.17. The van der Waals surface area contributed by atoms with Gasteiger partial charge in [0.15, 0.2) is 0 Å². The van der Waals surface area contributed by atoms with Crippen molar-refractivity contribution in [3.63, 3.8) is 0 Å². The molecule has 4 aromatic rings. The molecule has 4 rings (SSSR count). The number of benzene rings is 3. The summed E-state index contributed by atoms with van der Waals surface area (Å²) in [7, 11) is 1.46. The van der Waals surface area contributed by atoms with E-state index in [-0.39, 0.29) is 24.2 Å². The van der Waals surface area contributed by atoms with Crippen LogP contribution in [0.1, 0.15) is 40.6 Å². The van der Waals surface area contributed by atoms with E-state index in [4.69, 9.17) is 10.3 Å². The van der Waals surface area contributed by atoms with Gasteiger partial charge in [-0.25, -0.2) is 0 Å². The van der Waals surface area contributed by atoms with Gasteiger partial charge in [0.05, 0.1) is 0 Å². The van der Waals surface area contributed by atoms with Crippen LogP contribution in [0.2, 0.25) is 0 Å². The van der Waals surface area contributed by atoms with Crippen molar-refractivity contribution in [3.8, 4) is 0 Å². The molecule has 5 N–H and O–H groups in total. The lowest BCUT2D eigenvalue weighted by atomic mass is 10.00. The van der Waals surface area contributed by atoms with Crippen molar-refractivity contribution in [2.24, 2.45) is 5.73 Å². The first-order valence-corrected chi connectivity index (χ1v) is 12.9. The molecule has 206 valence electrons. The SMILES string of the molecule is CNC(=O)c1noc(C(Cc2ccccc2)NC(=O)[C@@H](Cc2ccc3ccccc3c2)NC(=O)/C=C/C(C)N)n1. The maximum absolute atomic E-state index is 13.7. The third kappa shape index (κ3) is 7.61. The standard InChI is InChI=1S/C30H32N6O4/c1-19(31)12-15-26(37)33-24(18-21-13-14-22-10-6-7-11-23(22)16-21)28(38)34-25(17-20-8-4-3-5-9-20)30-35-27(36-40-30)29(39)32-2/h3-16,19,24-25H,17-18,31H2,1-2H3,(H,32,39)(H,33,37)(H,34,38)/b15-12+/t19?,24-,25?/m1/s1. The van der Waals surface area contributed by atoms with Crippen LogP contribution in [0.3, 0.4) is 0 Å². The lowest BCUT2D eigenvalue weighted by Crippen LogP contribution is -2.49. The van der Waals surface area contributed by atoms with E-state index in [2.05, 4.69) is 26.1 Å². The molecule has 3 amide bonds. The van der Waals surface area contributed by atoms with Gasteiger partial charge < -0.3 is 26.2 Å². The van der Waals surface area contributed by atoms with E-state index in [0.717, 1.165) is 21.9 Å². The zero-order chi connectivity index (χ0) is 28.5. The Kier molecular flexibility index (Phi) is 9.37. The van der Waals surface area contributed by atoms with Crippen LogP contribution < -0.4 is 21.7 Å². The van der Waals surface area contributed by atoms with E-state index in [1.54, 1.807) is 13.0 Å². The van der Waals surface area contributed by atoms with Gasteiger partial charge in [-0.15, -0.1) is 0 Å². The molecule has 0 aliphatic carbocycles. The highest BCUT2D eigenvalue weighted by molar-refractivity contribution is 5.93. The molecule has 1 heterocycles. The van der Waals surface area contributed by atoms with Gasteiger partial charge >= 0.3 is 0 Å². The van der Waals surface area contributed by atoms with Crippen LogP contribution in [-0.4, -0.2) is 47.0 Å². The largest absolute Gasteiger partial charge is 0.352 e. The molecule has 10 nitrogen and oxygen atoms in total. The number of hydrogen-bond donors (Lipinski definition) is 4. The highest BCUT2D eigenvalue weighted by Gasteiger charge is 2.28. The average molecular weight is 541 g/mol. The first kappa shape index (κ1) is 28.2. The fourth-order valence-electron chi connectivity index (χ4n) is 4.17. The first-order chi connectivity index (χ1) is 19.3. The van der Waals surface area contributed by atoms with E-state index >= 15 is 0 Å². The quantitative estimate of drug-likeness (QED) is 0.213. The Morgan fingerprint density at radius 1 is 0.925 bits per heavy atom. The number of amides is 3. The highest BCUT2D eigenvalue weighted by Crippen LogP contribution is 2.20. The Morgan fingerprint density at radius 2 is 1.65 bits per heavy atom. The number of hydrogen-bond acceptors (Lipinski definition) is 7. The Morgan fingerprint density at radius 3 is 2.38 bits per heavy atom. The van der Waals surface area contributed by atoms with Crippen LogP contribution in [0.4, 0.5) is 0 Å². The maximum Gasteiger partial charge on any atom is 0.292 e. The molecule has 3 atom stereocenters. The van der Waals surface area contributed by atoms with Crippen molar-refractivity contribution in [3.05, 3.63) is 108 Å². The second-order valence-electron chi connectivity index (χ2n) is 9.45. The minimum Gasteiger partial charge on any atom is -0.352 e. The van der Waals surface area contributed by atoms with E-state index in [9.17, 15) is 14.4 Å². The van der Waals surface area contributed by atoms with Gasteiger partial charge in [-0.1, -0.05) is 84.0 Å². The van der Waals surface area contributed by atoms with Gasteiger partial charge in [0.1, 0.15) is 12.1 Å². The van der Waals surface area contributed by atoms with Crippen molar-refractivity contribution in [2.75, 3.05) is 7.05 Å². The molecule has 0 saturated heterocycles. The Balaban J connectivity index is 1.61. The summed E-state index contributed by atoms with van der Waals surface area (Å²) in [6.07, 6.45) is 3.43. The van der Waals surface area contributed by atoms with Gasteiger partial charge in [0.2, 0.25) is 17.7 Å². The summed E-state index contributed by atoms with van der Waals surface area (Å²) in [6.45, 7) is 1.74. The molecule has 0 saturated carbocycles. The minimum atomic E-state index is -0.925. The third-order valence-electron chi connectivity index (χ3n) is 6.21. The topological polar surface area (TPSA) is 152 Å². The third-order valence-corrected chi connectivity index (χ3v) is 6.21. The smallest absolute Gasteiger partial charge is 0.292 e. The molecule has 0 aliphatic heterocycles. The molecule has 2 unspecified atom stereocenters. The normalized spacial score (nSPS) is 13.5. The number of fused-ring (bicyclic) bond motifs is 1. The summed E-state index contributed by atoms with van der Waals surface area (Å²) >= 11 is 0. The van der Waals surface area contributed by atoms with Gasteiger partial charge in [-0.2, -0.15) is 4.98 Å². The minimum absolute atomic E-state index is 0.0726. The van der Waals surface area contributed by atoms with Gasteiger partial charge in [-0.05, 0) is 28.8 Å². The van der Waals surface area contributed by atoms with Crippen molar-refractivity contribution >= 4 is 28.5 Å². The number of nitrogens with one attached hydrogen (secondary N) is 3. The van der Waals surface area contributed by atoms with Crippen LogP contribution in [0, 0.1) is 0 Å². The van der Waals surface area contributed by atoms with Crippen LogP contribution in [-0.2, 0) is 22.4 Å². The second kappa shape index (κ2) is 13.3. The van der Waals surface area contributed by atoms with Gasteiger partial charge in [-0.3, -0.25) is 14.4 Å². The number of aromatic nitrogens is 2. The van der Waals surface area contributed by atoms with E-state index in [0.29, 0.717) is 6.42 Å². The molecule has 40 heavy (non-hydrogen) atoms. The molecule has 3 aromatic carbocycles. The predicted octanol–water partition coefficient (Wildman–Crippen LogP) is 2.61. The fraction of sp³-hybridized carbons (Fsp3) is 0.233. The van der Waals surface area contributed by atoms with Crippen molar-refractivity contribution < 1.29 is 18.9 Å². The number of nitrogens with two attached hydrogens (primary N) is 1. The summed E-state index contributed by atoms with van der Waals surface area (Å²) in [5.41, 5.74) is 7.52. The zero-order valence-electron chi connectivity index (χ0n) is 22.3. The lowest BCUT2D eigenvalue weighted by Gasteiger charge is -2.22. The van der Waals surface area contributed by atoms with E-state index < -0.39 is 29.8 Å². The molecule has 0 aliphatic rings. The van der Waals surface area contributed by atoms with Crippen LogP contribution in [0.25, 0.3) is 10.8 Å². The van der Waals surface area contributed by atoms with Gasteiger partial charge in [0.25, 0.3) is 11.7 Å². The molecule has 1 aromatic heterocycles. The van der Waals surface area contributed by atoms with Crippen molar-refractivity contribution in [1.29, 1.82) is 0 Å². The summed E-state index contributed by atoms with van der Waals surface area (Å²) < 4.78 is 5.37. The monoisotopic (exact) mass is 540 g/mol. The molecule has 0 spiro atoms. The Labute approximate surface area is 232 Å². The number of carbonyl (C=O) groups excluding carboxylic acids is 3. The van der Waals surface area contributed by atoms with Crippen LogP contribution in [0.15, 0.2) is 89.5 Å². The molecule has 0 fully saturated rings. The van der Waals surface area contributed by atoms with E-state index in [1.807, 2.05) is 72.8 Å². The van der Waals surface area contributed by atoms with Crippen molar-refractivity contribution in [2.45, 2.75) is 37.9 Å². The maximum atomic E-state index is 13.7. The molecule has 0 bridgehead atoms. The predicted molar refractivity (Wildman–Crippen MR) is 151 cm³/mol. The van der Waals surface area contributed by atoms with Crippen LogP contribution >= 0.6 is 0 Å². The highest BCUT2D eigenvalue weighted by atomic mass is 16.5. The summed E-state index contributed by atoms with van der Waals surface area (Å²) in [5.74, 6) is -1.48. The summed E-state index contributed by atoms with van der Waals surface area (Å²) in [5, 5.41) is 14.0. The van der Waals surface area contributed by atoms with Crippen molar-refractivity contribution in [1.82, 2.24) is 26.1 Å². The van der Waals surface area contributed by atoms with Gasteiger partial charge in [0, 0.05) is 32.0 Å². The number of nitrogens with zero attached hydrogens (tertiary/aromatic N) is 2. The Bertz CT molecular complexity index is 1500.